The number of carbonyl (C=O) groups is 1. The van der Waals surface area contributed by atoms with E-state index >= 15 is 0 Å². The molecular formula is C18H33N3OS+2. The Labute approximate surface area is 145 Å². The average molecular weight is 340 g/mol. The van der Waals surface area contributed by atoms with E-state index in [0.29, 0.717) is 6.54 Å². The van der Waals surface area contributed by atoms with Crippen molar-refractivity contribution >= 4 is 17.7 Å². The SMILES string of the molecule is CSc1ccc(C[NH+](C)CC(=O)NCCC[NH2+]C(C)(C)C)cc1. The topological polar surface area (TPSA) is 50.1 Å². The lowest BCUT2D eigenvalue weighted by molar-refractivity contribution is -0.885. The maximum atomic E-state index is 12.0. The van der Waals surface area contributed by atoms with Gasteiger partial charge in [0.25, 0.3) is 5.91 Å². The number of quaternary nitrogens is 2. The van der Waals surface area contributed by atoms with Crippen LogP contribution >= 0.6 is 11.8 Å². The summed E-state index contributed by atoms with van der Waals surface area (Å²) in [5.74, 6) is 0.138. The fraction of sp³-hybridized carbons (Fsp3) is 0.611. The Bertz CT molecular complexity index is 468. The van der Waals surface area contributed by atoms with Crippen molar-refractivity contribution in [2.24, 2.45) is 0 Å². The van der Waals surface area contributed by atoms with E-state index in [2.05, 4.69) is 69.0 Å². The highest BCUT2D eigenvalue weighted by molar-refractivity contribution is 7.98. The van der Waals surface area contributed by atoms with Crippen molar-refractivity contribution in [3.8, 4) is 0 Å². The molecular weight excluding hydrogens is 306 g/mol. The van der Waals surface area contributed by atoms with Crippen molar-refractivity contribution in [1.29, 1.82) is 0 Å². The van der Waals surface area contributed by atoms with Gasteiger partial charge in [-0.05, 0) is 39.2 Å². The number of hydrogen-bond donors (Lipinski definition) is 3. The number of likely N-dealkylation sites (N-methyl/N-ethyl adjacent to an activating group) is 1. The van der Waals surface area contributed by atoms with E-state index in [1.807, 2.05) is 0 Å². The minimum absolute atomic E-state index is 0.138. The number of benzene rings is 1. The number of amides is 1. The van der Waals surface area contributed by atoms with Crippen LogP contribution in [0.2, 0.25) is 0 Å². The monoisotopic (exact) mass is 339 g/mol. The smallest absolute Gasteiger partial charge is 0.275 e. The van der Waals surface area contributed by atoms with Gasteiger partial charge >= 0.3 is 0 Å². The fourth-order valence-electron chi connectivity index (χ4n) is 2.36. The van der Waals surface area contributed by atoms with Crippen LogP contribution in [0.3, 0.4) is 0 Å². The number of nitrogens with two attached hydrogens (primary N) is 1. The molecule has 130 valence electrons. The van der Waals surface area contributed by atoms with Gasteiger partial charge < -0.3 is 15.5 Å². The van der Waals surface area contributed by atoms with E-state index in [4.69, 9.17) is 0 Å². The maximum Gasteiger partial charge on any atom is 0.275 e. The minimum atomic E-state index is 0.138. The van der Waals surface area contributed by atoms with E-state index in [1.165, 1.54) is 15.4 Å². The van der Waals surface area contributed by atoms with E-state index in [9.17, 15) is 4.79 Å². The molecule has 0 fully saturated rings. The second-order valence-corrected chi connectivity index (χ2v) is 8.10. The van der Waals surface area contributed by atoms with Gasteiger partial charge in [0.05, 0.1) is 19.1 Å². The van der Waals surface area contributed by atoms with E-state index in [0.717, 1.165) is 26.1 Å². The molecule has 0 saturated heterocycles. The molecule has 1 aromatic carbocycles. The number of hydrogen-bond acceptors (Lipinski definition) is 2. The molecule has 0 aliphatic carbocycles. The molecule has 4 nitrogen and oxygen atoms in total. The molecule has 0 saturated carbocycles. The van der Waals surface area contributed by atoms with E-state index in [-0.39, 0.29) is 11.4 Å². The summed E-state index contributed by atoms with van der Waals surface area (Å²) >= 11 is 1.75. The molecule has 1 amide bonds. The molecule has 23 heavy (non-hydrogen) atoms. The van der Waals surface area contributed by atoms with Crippen LogP contribution in [0, 0.1) is 0 Å². The summed E-state index contributed by atoms with van der Waals surface area (Å²) in [6.45, 7) is 9.82. The molecule has 1 atom stereocenters. The lowest BCUT2D eigenvalue weighted by Gasteiger charge is -2.17. The number of carbonyl (C=O) groups excluding carboxylic acids is 1. The molecule has 5 heteroatoms. The predicted molar refractivity (Wildman–Crippen MR) is 97.9 cm³/mol. The molecule has 0 spiro atoms. The van der Waals surface area contributed by atoms with Gasteiger partial charge in [0.1, 0.15) is 6.54 Å². The number of nitrogens with one attached hydrogen (secondary N) is 2. The number of thioether (sulfide) groups is 1. The molecule has 0 aromatic heterocycles. The Morgan fingerprint density at radius 2 is 1.91 bits per heavy atom. The minimum Gasteiger partial charge on any atom is -0.351 e. The molecule has 0 heterocycles. The lowest BCUT2D eigenvalue weighted by Crippen LogP contribution is -3.08. The Balaban J connectivity index is 2.20. The third kappa shape index (κ3) is 9.64. The zero-order valence-electron chi connectivity index (χ0n) is 15.2. The van der Waals surface area contributed by atoms with Gasteiger partial charge in [-0.3, -0.25) is 4.79 Å². The normalized spacial score (nSPS) is 12.9. The summed E-state index contributed by atoms with van der Waals surface area (Å²) in [7, 11) is 2.06. The summed E-state index contributed by atoms with van der Waals surface area (Å²) in [5, 5.41) is 5.34. The molecule has 0 aliphatic heterocycles. The van der Waals surface area contributed by atoms with Gasteiger partial charge in [0.2, 0.25) is 0 Å². The summed E-state index contributed by atoms with van der Waals surface area (Å²) in [5.41, 5.74) is 1.54. The highest BCUT2D eigenvalue weighted by Crippen LogP contribution is 2.14. The van der Waals surface area contributed by atoms with Crippen LogP contribution in [0.4, 0.5) is 0 Å². The first-order valence-corrected chi connectivity index (χ1v) is 9.58. The van der Waals surface area contributed by atoms with Gasteiger partial charge in [-0.1, -0.05) is 12.1 Å². The first kappa shape index (κ1) is 20.0. The van der Waals surface area contributed by atoms with Gasteiger partial charge in [0, 0.05) is 23.4 Å². The second-order valence-electron chi connectivity index (χ2n) is 7.22. The van der Waals surface area contributed by atoms with Crippen molar-refractivity contribution in [2.45, 2.75) is 44.2 Å². The predicted octanol–water partition coefficient (Wildman–Crippen LogP) is 0.291. The van der Waals surface area contributed by atoms with Crippen LogP contribution in [-0.4, -0.2) is 44.4 Å². The van der Waals surface area contributed by atoms with Crippen molar-refractivity contribution < 1.29 is 15.0 Å². The molecule has 0 aliphatic rings. The molecule has 1 aromatic rings. The van der Waals surface area contributed by atoms with Crippen molar-refractivity contribution in [2.75, 3.05) is 32.9 Å². The molecule has 1 rings (SSSR count). The Morgan fingerprint density at radius 1 is 1.26 bits per heavy atom. The van der Waals surface area contributed by atoms with Gasteiger partial charge in [-0.15, -0.1) is 11.8 Å². The van der Waals surface area contributed by atoms with Gasteiger partial charge in [0.15, 0.2) is 6.54 Å². The zero-order chi connectivity index (χ0) is 17.3. The van der Waals surface area contributed by atoms with Crippen LogP contribution in [0.1, 0.15) is 32.8 Å². The summed E-state index contributed by atoms with van der Waals surface area (Å²) in [6.07, 6.45) is 3.09. The third-order valence-electron chi connectivity index (χ3n) is 3.59. The first-order valence-electron chi connectivity index (χ1n) is 8.35. The summed E-state index contributed by atoms with van der Waals surface area (Å²) in [6, 6.07) is 8.57. The summed E-state index contributed by atoms with van der Waals surface area (Å²) < 4.78 is 0. The zero-order valence-corrected chi connectivity index (χ0v) is 16.1. The van der Waals surface area contributed by atoms with Gasteiger partial charge in [-0.2, -0.15) is 0 Å². The fourth-order valence-corrected chi connectivity index (χ4v) is 2.76. The van der Waals surface area contributed by atoms with Crippen molar-refractivity contribution in [3.63, 3.8) is 0 Å². The Morgan fingerprint density at radius 3 is 2.48 bits per heavy atom. The van der Waals surface area contributed by atoms with Crippen molar-refractivity contribution in [3.05, 3.63) is 29.8 Å². The van der Waals surface area contributed by atoms with Crippen LogP contribution in [-0.2, 0) is 11.3 Å². The highest BCUT2D eigenvalue weighted by Gasteiger charge is 2.13. The number of rotatable bonds is 9. The van der Waals surface area contributed by atoms with Gasteiger partial charge in [-0.25, -0.2) is 0 Å². The second kappa shape index (κ2) is 9.96. The standard InChI is InChI=1S/C18H31N3OS/c1-18(2,3)20-12-6-11-19-17(22)14-21(4)13-15-7-9-16(23-5)10-8-15/h7-10,20H,6,11-14H2,1-5H3,(H,19,22)/p+2. The average Bonchev–Trinajstić information content (AvgIpc) is 2.46. The first-order chi connectivity index (χ1) is 10.8. The lowest BCUT2D eigenvalue weighted by atomic mass is 10.1. The van der Waals surface area contributed by atoms with Crippen LogP contribution < -0.4 is 15.5 Å². The molecule has 4 N–H and O–H groups in total. The van der Waals surface area contributed by atoms with Crippen LogP contribution in [0.15, 0.2) is 29.2 Å². The molecule has 0 bridgehead atoms. The Kier molecular flexibility index (Phi) is 8.66. The van der Waals surface area contributed by atoms with Crippen molar-refractivity contribution in [1.82, 2.24) is 5.32 Å². The van der Waals surface area contributed by atoms with Crippen LogP contribution in [0.5, 0.6) is 0 Å². The highest BCUT2D eigenvalue weighted by atomic mass is 32.2. The van der Waals surface area contributed by atoms with E-state index in [1.54, 1.807) is 11.8 Å². The largest absolute Gasteiger partial charge is 0.351 e. The Hall–Kier alpha value is -1.04. The van der Waals surface area contributed by atoms with E-state index < -0.39 is 0 Å². The van der Waals surface area contributed by atoms with Crippen LogP contribution in [0.25, 0.3) is 0 Å². The molecule has 0 radical (unpaired) electrons. The molecule has 1 unspecified atom stereocenters. The summed E-state index contributed by atoms with van der Waals surface area (Å²) in [4.78, 5) is 14.4. The quantitative estimate of drug-likeness (QED) is 0.447. The third-order valence-corrected chi connectivity index (χ3v) is 4.33. The maximum absolute atomic E-state index is 12.0.